The normalized spacial score (nSPS) is 12.2. The number of amides is 2. The smallest absolute Gasteiger partial charge is 0.319 e. The summed E-state index contributed by atoms with van der Waals surface area (Å²) in [4.78, 5) is 11.9. The fourth-order valence-corrected chi connectivity index (χ4v) is 2.05. The van der Waals surface area contributed by atoms with Crippen LogP contribution >= 0.6 is 0 Å². The molecule has 0 saturated heterocycles. The summed E-state index contributed by atoms with van der Waals surface area (Å²) < 4.78 is 15.0. The number of carbonyl (C=O) groups excluding carboxylic acids is 1. The Kier molecular flexibility index (Phi) is 5.70. The molecule has 2 amide bonds. The van der Waals surface area contributed by atoms with Gasteiger partial charge in [0, 0.05) is 18.9 Å². The van der Waals surface area contributed by atoms with Crippen molar-refractivity contribution < 1.29 is 14.3 Å². The molecule has 0 aliphatic carbocycles. The van der Waals surface area contributed by atoms with Crippen molar-refractivity contribution in [3.63, 3.8) is 0 Å². The first kappa shape index (κ1) is 17.0. The van der Waals surface area contributed by atoms with Crippen LogP contribution in [0.3, 0.4) is 0 Å². The summed E-state index contributed by atoms with van der Waals surface area (Å²) >= 11 is 0. The highest BCUT2D eigenvalue weighted by atomic mass is 19.1. The van der Waals surface area contributed by atoms with Crippen LogP contribution in [0, 0.1) is 11.7 Å². The standard InChI is InChI=1S/C16H21FN4O2/c1-11(2)15(22)6-8-18-16(23)20-13-10-12(17)4-5-14(13)21-9-3-7-19-21/h3-5,7,9-11,15,22H,6,8H2,1-2H3,(H2,18,20,23)/t15-/m0/s1. The fraction of sp³-hybridized carbons (Fsp3) is 0.375. The van der Waals surface area contributed by atoms with Gasteiger partial charge >= 0.3 is 6.03 Å². The fourth-order valence-electron chi connectivity index (χ4n) is 2.05. The first-order valence-electron chi connectivity index (χ1n) is 7.50. The van der Waals surface area contributed by atoms with Gasteiger partial charge in [-0.05, 0) is 36.6 Å². The van der Waals surface area contributed by atoms with Gasteiger partial charge in [0.15, 0.2) is 0 Å². The van der Waals surface area contributed by atoms with Crippen molar-refractivity contribution in [2.24, 2.45) is 5.92 Å². The summed E-state index contributed by atoms with van der Waals surface area (Å²) in [5.41, 5.74) is 0.879. The van der Waals surface area contributed by atoms with Crippen LogP contribution in [-0.4, -0.2) is 33.6 Å². The Balaban J connectivity index is 1.99. The van der Waals surface area contributed by atoms with Crippen molar-refractivity contribution in [2.45, 2.75) is 26.4 Å². The SMILES string of the molecule is CC(C)[C@@H](O)CCNC(=O)Nc1cc(F)ccc1-n1cccn1. The van der Waals surface area contributed by atoms with Crippen molar-refractivity contribution in [3.8, 4) is 5.69 Å². The molecule has 0 saturated carbocycles. The maximum atomic E-state index is 13.5. The molecule has 3 N–H and O–H groups in total. The molecule has 6 nitrogen and oxygen atoms in total. The third kappa shape index (κ3) is 4.79. The van der Waals surface area contributed by atoms with E-state index >= 15 is 0 Å². The van der Waals surface area contributed by atoms with Gasteiger partial charge in [-0.25, -0.2) is 13.9 Å². The van der Waals surface area contributed by atoms with Crippen molar-refractivity contribution in [3.05, 3.63) is 42.5 Å². The van der Waals surface area contributed by atoms with Gasteiger partial charge in [0.25, 0.3) is 0 Å². The Morgan fingerprint density at radius 1 is 1.43 bits per heavy atom. The van der Waals surface area contributed by atoms with E-state index in [1.54, 1.807) is 24.5 Å². The van der Waals surface area contributed by atoms with E-state index in [-0.39, 0.29) is 5.92 Å². The first-order chi connectivity index (χ1) is 11.0. The van der Waals surface area contributed by atoms with E-state index in [1.165, 1.54) is 16.8 Å². The molecule has 0 aliphatic heterocycles. The number of nitrogens with one attached hydrogen (secondary N) is 2. The Labute approximate surface area is 134 Å². The summed E-state index contributed by atoms with van der Waals surface area (Å²) in [5, 5.41) is 19.0. The molecule has 0 aliphatic rings. The minimum Gasteiger partial charge on any atom is -0.393 e. The predicted molar refractivity (Wildman–Crippen MR) is 86.0 cm³/mol. The molecule has 23 heavy (non-hydrogen) atoms. The summed E-state index contributed by atoms with van der Waals surface area (Å²) in [7, 11) is 0. The highest BCUT2D eigenvalue weighted by molar-refractivity contribution is 5.91. The quantitative estimate of drug-likeness (QED) is 0.765. The lowest BCUT2D eigenvalue weighted by molar-refractivity contribution is 0.117. The topological polar surface area (TPSA) is 79.2 Å². The molecule has 1 aromatic heterocycles. The number of hydrogen-bond acceptors (Lipinski definition) is 3. The van der Waals surface area contributed by atoms with Crippen molar-refractivity contribution in [2.75, 3.05) is 11.9 Å². The van der Waals surface area contributed by atoms with Crippen LogP contribution in [0.15, 0.2) is 36.7 Å². The van der Waals surface area contributed by atoms with Crippen LogP contribution < -0.4 is 10.6 Å². The minimum absolute atomic E-state index is 0.134. The van der Waals surface area contributed by atoms with Gasteiger partial charge in [-0.1, -0.05) is 13.8 Å². The number of hydrogen-bond donors (Lipinski definition) is 3. The van der Waals surface area contributed by atoms with Crippen LogP contribution in [-0.2, 0) is 0 Å². The largest absolute Gasteiger partial charge is 0.393 e. The Morgan fingerprint density at radius 2 is 2.22 bits per heavy atom. The summed E-state index contributed by atoms with van der Waals surface area (Å²) in [6.45, 7) is 4.15. The van der Waals surface area contributed by atoms with Gasteiger partial charge in [-0.2, -0.15) is 5.10 Å². The van der Waals surface area contributed by atoms with E-state index in [4.69, 9.17) is 0 Å². The predicted octanol–water partition coefficient (Wildman–Crippen LogP) is 2.54. The van der Waals surface area contributed by atoms with Gasteiger partial charge in [-0.3, -0.25) is 0 Å². The van der Waals surface area contributed by atoms with Crippen molar-refractivity contribution >= 4 is 11.7 Å². The zero-order valence-corrected chi connectivity index (χ0v) is 13.2. The number of aliphatic hydroxyl groups is 1. The van der Waals surface area contributed by atoms with E-state index in [9.17, 15) is 14.3 Å². The average Bonchev–Trinajstić information content (AvgIpc) is 3.01. The molecule has 0 spiro atoms. The second-order valence-electron chi connectivity index (χ2n) is 5.59. The van der Waals surface area contributed by atoms with Crippen LogP contribution in [0.4, 0.5) is 14.9 Å². The van der Waals surface area contributed by atoms with E-state index in [0.717, 1.165) is 0 Å². The van der Waals surface area contributed by atoms with Crippen LogP contribution in [0.1, 0.15) is 20.3 Å². The van der Waals surface area contributed by atoms with Gasteiger partial charge < -0.3 is 15.7 Å². The van der Waals surface area contributed by atoms with E-state index in [2.05, 4.69) is 15.7 Å². The van der Waals surface area contributed by atoms with Crippen LogP contribution in [0.2, 0.25) is 0 Å². The molecular formula is C16H21FN4O2. The Hall–Kier alpha value is -2.41. The number of urea groups is 1. The lowest BCUT2D eigenvalue weighted by atomic mass is 10.0. The zero-order valence-electron chi connectivity index (χ0n) is 13.2. The van der Waals surface area contributed by atoms with Gasteiger partial charge in [-0.15, -0.1) is 0 Å². The van der Waals surface area contributed by atoms with Gasteiger partial charge in [0.2, 0.25) is 0 Å². The molecule has 2 rings (SSSR count). The molecule has 0 bridgehead atoms. The van der Waals surface area contributed by atoms with Crippen LogP contribution in [0.5, 0.6) is 0 Å². The molecule has 0 unspecified atom stereocenters. The third-order valence-corrected chi connectivity index (χ3v) is 3.45. The second kappa shape index (κ2) is 7.73. The number of aliphatic hydroxyl groups excluding tert-OH is 1. The van der Waals surface area contributed by atoms with Crippen molar-refractivity contribution in [1.29, 1.82) is 0 Å². The molecule has 1 aromatic carbocycles. The lowest BCUT2D eigenvalue weighted by Crippen LogP contribution is -2.32. The minimum atomic E-state index is -0.468. The number of nitrogens with zero attached hydrogens (tertiary/aromatic N) is 2. The zero-order chi connectivity index (χ0) is 16.8. The second-order valence-corrected chi connectivity index (χ2v) is 5.59. The van der Waals surface area contributed by atoms with E-state index in [1.807, 2.05) is 13.8 Å². The molecule has 0 fully saturated rings. The summed E-state index contributed by atoms with van der Waals surface area (Å²) in [6.07, 6.45) is 3.29. The molecule has 1 heterocycles. The Bertz CT molecular complexity index is 644. The van der Waals surface area contributed by atoms with Crippen molar-refractivity contribution in [1.82, 2.24) is 15.1 Å². The lowest BCUT2D eigenvalue weighted by Gasteiger charge is -2.15. The molecule has 124 valence electrons. The average molecular weight is 320 g/mol. The molecule has 2 aromatic rings. The van der Waals surface area contributed by atoms with E-state index < -0.39 is 18.0 Å². The maximum Gasteiger partial charge on any atom is 0.319 e. The molecule has 0 radical (unpaired) electrons. The molecular weight excluding hydrogens is 299 g/mol. The first-order valence-corrected chi connectivity index (χ1v) is 7.50. The maximum absolute atomic E-state index is 13.5. The van der Waals surface area contributed by atoms with Crippen LogP contribution in [0.25, 0.3) is 5.69 Å². The molecule has 1 atom stereocenters. The third-order valence-electron chi connectivity index (χ3n) is 3.45. The Morgan fingerprint density at radius 3 is 2.87 bits per heavy atom. The number of anilines is 1. The number of aromatic nitrogens is 2. The van der Waals surface area contributed by atoms with Gasteiger partial charge in [0.05, 0.1) is 17.5 Å². The monoisotopic (exact) mass is 320 g/mol. The number of halogens is 1. The van der Waals surface area contributed by atoms with E-state index in [0.29, 0.717) is 24.3 Å². The van der Waals surface area contributed by atoms with Gasteiger partial charge in [0.1, 0.15) is 5.82 Å². The molecule has 7 heteroatoms. The summed E-state index contributed by atoms with van der Waals surface area (Å²) in [6, 6.07) is 5.36. The number of carbonyl (C=O) groups is 1. The number of rotatable bonds is 6. The highest BCUT2D eigenvalue weighted by Crippen LogP contribution is 2.20. The highest BCUT2D eigenvalue weighted by Gasteiger charge is 2.12. The number of benzene rings is 1. The summed E-state index contributed by atoms with van der Waals surface area (Å²) in [5.74, 6) is -0.319.